The Labute approximate surface area is 112 Å². The zero-order valence-electron chi connectivity index (χ0n) is 10.6. The second kappa shape index (κ2) is 5.02. The molecule has 4 nitrogen and oxygen atoms in total. The molecule has 1 heterocycles. The van der Waals surface area contributed by atoms with E-state index >= 15 is 0 Å². The Hall–Kier alpha value is -2.49. The molecule has 0 saturated carbocycles. The second-order valence-corrected chi connectivity index (χ2v) is 4.48. The highest BCUT2D eigenvalue weighted by Crippen LogP contribution is 2.19. The predicted molar refractivity (Wildman–Crippen MR) is 80.0 cm³/mol. The van der Waals surface area contributed by atoms with Crippen LogP contribution in [0.3, 0.4) is 0 Å². The number of anilines is 3. The molecule has 0 spiro atoms. The molecule has 19 heavy (non-hydrogen) atoms. The van der Waals surface area contributed by atoms with Crippen molar-refractivity contribution in [2.75, 3.05) is 24.1 Å². The Kier molecular flexibility index (Phi) is 3.06. The summed E-state index contributed by atoms with van der Waals surface area (Å²) in [6.45, 7) is 1.77. The minimum absolute atomic E-state index is 0.767. The fourth-order valence-corrected chi connectivity index (χ4v) is 2.07. The van der Waals surface area contributed by atoms with E-state index in [-0.39, 0.29) is 0 Å². The van der Waals surface area contributed by atoms with Crippen molar-refractivity contribution in [1.29, 1.82) is 0 Å². The second-order valence-electron chi connectivity index (χ2n) is 4.48. The molecule has 0 aromatic heterocycles. The van der Waals surface area contributed by atoms with Gasteiger partial charge >= 0.3 is 0 Å². The van der Waals surface area contributed by atoms with Gasteiger partial charge in [0.1, 0.15) is 5.84 Å². The molecule has 96 valence electrons. The summed E-state index contributed by atoms with van der Waals surface area (Å²) in [5.41, 5.74) is 9.61. The van der Waals surface area contributed by atoms with Crippen molar-refractivity contribution in [2.45, 2.75) is 0 Å². The van der Waals surface area contributed by atoms with Crippen molar-refractivity contribution in [3.05, 3.63) is 54.1 Å². The average Bonchev–Trinajstić information content (AvgIpc) is 2.96. The topological polar surface area (TPSA) is 62.4 Å². The maximum absolute atomic E-state index is 5.68. The fraction of sp³-hybridized carbons (Fsp3) is 0.133. The SMILES string of the molecule is Nc1ccc(Nc2cccc(C3=NCCN3)c2)cc1. The number of rotatable bonds is 3. The predicted octanol–water partition coefficient (Wildman–Crippen LogP) is 2.36. The molecule has 0 amide bonds. The van der Waals surface area contributed by atoms with Crippen molar-refractivity contribution in [3.63, 3.8) is 0 Å². The minimum Gasteiger partial charge on any atom is -0.399 e. The third-order valence-electron chi connectivity index (χ3n) is 3.01. The standard InChI is InChI=1S/C15H16N4/c16-12-4-6-13(7-5-12)19-14-3-1-2-11(10-14)15-17-8-9-18-15/h1-7,10,19H,8-9,16H2,(H,17,18). The first kappa shape index (κ1) is 11.6. The van der Waals surface area contributed by atoms with E-state index in [0.717, 1.165) is 41.6 Å². The summed E-state index contributed by atoms with van der Waals surface area (Å²) < 4.78 is 0. The highest BCUT2D eigenvalue weighted by Gasteiger charge is 2.08. The summed E-state index contributed by atoms with van der Waals surface area (Å²) in [6, 6.07) is 15.9. The average molecular weight is 252 g/mol. The van der Waals surface area contributed by atoms with Gasteiger partial charge in [-0.05, 0) is 36.4 Å². The molecule has 1 aliphatic rings. The highest BCUT2D eigenvalue weighted by molar-refractivity contribution is 6.00. The third kappa shape index (κ3) is 2.68. The van der Waals surface area contributed by atoms with Crippen LogP contribution >= 0.6 is 0 Å². The number of nitrogen functional groups attached to an aromatic ring is 1. The first-order chi connectivity index (χ1) is 9.31. The zero-order valence-corrected chi connectivity index (χ0v) is 10.6. The third-order valence-corrected chi connectivity index (χ3v) is 3.01. The molecule has 0 bridgehead atoms. The lowest BCUT2D eigenvalue weighted by molar-refractivity contribution is 0.960. The molecule has 0 unspecified atom stereocenters. The van der Waals surface area contributed by atoms with E-state index < -0.39 is 0 Å². The monoisotopic (exact) mass is 252 g/mol. The van der Waals surface area contributed by atoms with Gasteiger partial charge in [-0.1, -0.05) is 12.1 Å². The van der Waals surface area contributed by atoms with Crippen molar-refractivity contribution >= 4 is 22.9 Å². The number of hydrogen-bond acceptors (Lipinski definition) is 4. The van der Waals surface area contributed by atoms with Crippen LogP contribution in [-0.4, -0.2) is 18.9 Å². The van der Waals surface area contributed by atoms with Crippen molar-refractivity contribution in [2.24, 2.45) is 4.99 Å². The van der Waals surface area contributed by atoms with Crippen LogP contribution in [0.4, 0.5) is 17.1 Å². The van der Waals surface area contributed by atoms with E-state index in [1.165, 1.54) is 0 Å². The smallest absolute Gasteiger partial charge is 0.128 e. The molecule has 0 fully saturated rings. The van der Waals surface area contributed by atoms with Crippen molar-refractivity contribution < 1.29 is 0 Å². The lowest BCUT2D eigenvalue weighted by Gasteiger charge is -2.09. The molecule has 0 saturated heterocycles. The number of aliphatic imine (C=N–C) groups is 1. The number of benzene rings is 2. The van der Waals surface area contributed by atoms with E-state index in [1.54, 1.807) is 0 Å². The number of hydrogen-bond donors (Lipinski definition) is 3. The Morgan fingerprint density at radius 2 is 1.89 bits per heavy atom. The molecule has 0 radical (unpaired) electrons. The Bertz CT molecular complexity index is 602. The largest absolute Gasteiger partial charge is 0.399 e. The van der Waals surface area contributed by atoms with Gasteiger partial charge in [0.05, 0.1) is 6.54 Å². The van der Waals surface area contributed by atoms with Gasteiger partial charge in [-0.2, -0.15) is 0 Å². The number of nitrogens with two attached hydrogens (primary N) is 1. The molecule has 4 N–H and O–H groups in total. The van der Waals surface area contributed by atoms with Crippen LogP contribution < -0.4 is 16.4 Å². The van der Waals surface area contributed by atoms with Crippen LogP contribution in [0, 0.1) is 0 Å². The summed E-state index contributed by atoms with van der Waals surface area (Å²) in [6.07, 6.45) is 0. The maximum atomic E-state index is 5.68. The van der Waals surface area contributed by atoms with Crippen molar-refractivity contribution in [1.82, 2.24) is 5.32 Å². The normalized spacial score (nSPS) is 13.8. The summed E-state index contributed by atoms with van der Waals surface area (Å²) in [7, 11) is 0. The van der Waals surface area contributed by atoms with Gasteiger partial charge in [-0.15, -0.1) is 0 Å². The van der Waals surface area contributed by atoms with Gasteiger partial charge < -0.3 is 16.4 Å². The van der Waals surface area contributed by atoms with Crippen LogP contribution in [0.5, 0.6) is 0 Å². The first-order valence-corrected chi connectivity index (χ1v) is 6.32. The van der Waals surface area contributed by atoms with Gasteiger partial charge in [-0.25, -0.2) is 0 Å². The molecular formula is C15H16N4. The summed E-state index contributed by atoms with van der Waals surface area (Å²) >= 11 is 0. The van der Waals surface area contributed by atoms with Crippen LogP contribution in [-0.2, 0) is 0 Å². The van der Waals surface area contributed by atoms with E-state index in [2.05, 4.69) is 27.8 Å². The minimum atomic E-state index is 0.767. The van der Waals surface area contributed by atoms with Gasteiger partial charge in [0.25, 0.3) is 0 Å². The van der Waals surface area contributed by atoms with Crippen LogP contribution in [0.1, 0.15) is 5.56 Å². The number of nitrogens with one attached hydrogen (secondary N) is 2. The van der Waals surface area contributed by atoms with E-state index in [1.807, 2.05) is 36.4 Å². The Morgan fingerprint density at radius 1 is 1.05 bits per heavy atom. The Morgan fingerprint density at radius 3 is 2.63 bits per heavy atom. The number of amidine groups is 1. The molecule has 0 aliphatic carbocycles. The van der Waals surface area contributed by atoms with Gasteiger partial charge in [0, 0.05) is 29.2 Å². The van der Waals surface area contributed by atoms with E-state index in [9.17, 15) is 0 Å². The fourth-order valence-electron chi connectivity index (χ4n) is 2.07. The quantitative estimate of drug-likeness (QED) is 0.735. The number of nitrogens with zero attached hydrogens (tertiary/aromatic N) is 1. The maximum Gasteiger partial charge on any atom is 0.128 e. The molecular weight excluding hydrogens is 236 g/mol. The molecule has 4 heteroatoms. The van der Waals surface area contributed by atoms with Crippen LogP contribution in [0.2, 0.25) is 0 Å². The Balaban J connectivity index is 1.81. The van der Waals surface area contributed by atoms with E-state index in [0.29, 0.717) is 0 Å². The summed E-state index contributed by atoms with van der Waals surface area (Å²) in [4.78, 5) is 4.43. The van der Waals surface area contributed by atoms with Crippen LogP contribution in [0.15, 0.2) is 53.5 Å². The van der Waals surface area contributed by atoms with Gasteiger partial charge in [0.2, 0.25) is 0 Å². The molecule has 2 aromatic carbocycles. The first-order valence-electron chi connectivity index (χ1n) is 6.32. The molecule has 3 rings (SSSR count). The van der Waals surface area contributed by atoms with Gasteiger partial charge in [-0.3, -0.25) is 4.99 Å². The van der Waals surface area contributed by atoms with E-state index in [4.69, 9.17) is 5.73 Å². The lowest BCUT2D eigenvalue weighted by Crippen LogP contribution is -2.19. The van der Waals surface area contributed by atoms with Crippen LogP contribution in [0.25, 0.3) is 0 Å². The zero-order chi connectivity index (χ0) is 13.1. The molecule has 0 atom stereocenters. The highest BCUT2D eigenvalue weighted by atomic mass is 15.1. The summed E-state index contributed by atoms with van der Waals surface area (Å²) in [5, 5.41) is 6.63. The summed E-state index contributed by atoms with van der Waals surface area (Å²) in [5.74, 6) is 0.973. The van der Waals surface area contributed by atoms with Gasteiger partial charge in [0.15, 0.2) is 0 Å². The van der Waals surface area contributed by atoms with Crippen molar-refractivity contribution in [3.8, 4) is 0 Å². The molecule has 1 aliphatic heterocycles. The molecule has 2 aromatic rings. The lowest BCUT2D eigenvalue weighted by atomic mass is 10.1.